The predicted molar refractivity (Wildman–Crippen MR) is 40.6 cm³/mol. The van der Waals surface area contributed by atoms with E-state index in [1.165, 1.54) is 32.4 Å². The maximum atomic E-state index is 2.56. The smallest absolute Gasteiger partial charge is 0.00950 e. The van der Waals surface area contributed by atoms with Crippen molar-refractivity contribution in [2.24, 2.45) is 0 Å². The van der Waals surface area contributed by atoms with E-state index in [9.17, 15) is 0 Å². The third-order valence-corrected chi connectivity index (χ3v) is 2.40. The molecular formula is C8H17N. The largest absolute Gasteiger partial charge is 0.301 e. The lowest BCUT2D eigenvalue weighted by molar-refractivity contribution is 0.141. The highest BCUT2D eigenvalue weighted by molar-refractivity contribution is 4.78. The van der Waals surface area contributed by atoms with Crippen molar-refractivity contribution in [3.05, 3.63) is 0 Å². The van der Waals surface area contributed by atoms with E-state index in [4.69, 9.17) is 0 Å². The topological polar surface area (TPSA) is 3.24 Å². The lowest BCUT2D eigenvalue weighted by Crippen LogP contribution is -2.39. The van der Waals surface area contributed by atoms with E-state index >= 15 is 0 Å². The average molecular weight is 127 g/mol. The first kappa shape index (κ1) is 7.07. The van der Waals surface area contributed by atoms with Crippen LogP contribution in [0.1, 0.15) is 33.1 Å². The SMILES string of the molecule is CCN(CC)C1CCC1. The fourth-order valence-electron chi connectivity index (χ4n) is 1.49. The molecule has 1 aliphatic rings. The molecule has 1 aliphatic carbocycles. The third kappa shape index (κ3) is 1.45. The predicted octanol–water partition coefficient (Wildman–Crippen LogP) is 1.88. The van der Waals surface area contributed by atoms with Crippen LogP contribution in [0.5, 0.6) is 0 Å². The molecule has 1 nitrogen and oxygen atoms in total. The van der Waals surface area contributed by atoms with Crippen LogP contribution >= 0.6 is 0 Å². The minimum Gasteiger partial charge on any atom is -0.301 e. The van der Waals surface area contributed by atoms with Crippen LogP contribution in [-0.2, 0) is 0 Å². The second-order valence-electron chi connectivity index (χ2n) is 2.81. The second kappa shape index (κ2) is 3.21. The van der Waals surface area contributed by atoms with Crippen molar-refractivity contribution in [3.63, 3.8) is 0 Å². The maximum Gasteiger partial charge on any atom is 0.00950 e. The molecule has 1 rings (SSSR count). The van der Waals surface area contributed by atoms with Crippen LogP contribution in [0, 0.1) is 0 Å². The minimum atomic E-state index is 0.944. The number of hydrogen-bond donors (Lipinski definition) is 0. The van der Waals surface area contributed by atoms with Crippen molar-refractivity contribution in [3.8, 4) is 0 Å². The molecule has 0 unspecified atom stereocenters. The van der Waals surface area contributed by atoms with Gasteiger partial charge in [0, 0.05) is 6.04 Å². The van der Waals surface area contributed by atoms with Gasteiger partial charge in [-0.25, -0.2) is 0 Å². The van der Waals surface area contributed by atoms with Crippen LogP contribution in [0.2, 0.25) is 0 Å². The molecule has 0 aromatic heterocycles. The lowest BCUT2D eigenvalue weighted by Gasteiger charge is -2.35. The lowest BCUT2D eigenvalue weighted by atomic mass is 9.91. The van der Waals surface area contributed by atoms with Crippen molar-refractivity contribution in [1.82, 2.24) is 4.90 Å². The minimum absolute atomic E-state index is 0.944. The highest BCUT2D eigenvalue weighted by Gasteiger charge is 2.21. The fraction of sp³-hybridized carbons (Fsp3) is 1.00. The zero-order valence-corrected chi connectivity index (χ0v) is 6.56. The molecule has 0 spiro atoms. The Labute approximate surface area is 58.0 Å². The molecule has 54 valence electrons. The molecule has 0 atom stereocenters. The quantitative estimate of drug-likeness (QED) is 0.559. The Hall–Kier alpha value is -0.0400. The zero-order valence-electron chi connectivity index (χ0n) is 6.56. The molecule has 1 fully saturated rings. The van der Waals surface area contributed by atoms with Crippen molar-refractivity contribution in [2.45, 2.75) is 39.2 Å². The Morgan fingerprint density at radius 2 is 1.78 bits per heavy atom. The monoisotopic (exact) mass is 127 g/mol. The first-order valence-corrected chi connectivity index (χ1v) is 4.12. The van der Waals surface area contributed by atoms with Gasteiger partial charge in [0.2, 0.25) is 0 Å². The standard InChI is InChI=1S/C8H17N/c1-3-9(4-2)8-6-5-7-8/h8H,3-7H2,1-2H3. The summed E-state index contributed by atoms with van der Waals surface area (Å²) in [6.07, 6.45) is 4.35. The number of rotatable bonds is 3. The molecule has 0 aromatic carbocycles. The molecule has 0 bridgehead atoms. The Kier molecular flexibility index (Phi) is 2.52. The summed E-state index contributed by atoms with van der Waals surface area (Å²) in [6.45, 7) is 6.98. The van der Waals surface area contributed by atoms with Crippen molar-refractivity contribution < 1.29 is 0 Å². The van der Waals surface area contributed by atoms with Gasteiger partial charge in [-0.2, -0.15) is 0 Å². The van der Waals surface area contributed by atoms with Crippen LogP contribution in [-0.4, -0.2) is 24.0 Å². The van der Waals surface area contributed by atoms with Crippen LogP contribution in [0.25, 0.3) is 0 Å². The first-order valence-electron chi connectivity index (χ1n) is 4.12. The van der Waals surface area contributed by atoms with Crippen LogP contribution in [0.15, 0.2) is 0 Å². The second-order valence-corrected chi connectivity index (χ2v) is 2.81. The number of hydrogen-bond acceptors (Lipinski definition) is 1. The van der Waals surface area contributed by atoms with E-state index in [-0.39, 0.29) is 0 Å². The molecule has 1 saturated carbocycles. The van der Waals surface area contributed by atoms with E-state index in [0.717, 1.165) is 6.04 Å². The van der Waals surface area contributed by atoms with Gasteiger partial charge in [0.25, 0.3) is 0 Å². The summed E-state index contributed by atoms with van der Waals surface area (Å²) in [5, 5.41) is 0. The van der Waals surface area contributed by atoms with E-state index in [1.807, 2.05) is 0 Å². The Morgan fingerprint density at radius 3 is 1.89 bits per heavy atom. The molecular weight excluding hydrogens is 110 g/mol. The summed E-state index contributed by atoms with van der Waals surface area (Å²) in [4.78, 5) is 2.56. The van der Waals surface area contributed by atoms with Gasteiger partial charge in [-0.3, -0.25) is 0 Å². The van der Waals surface area contributed by atoms with E-state index in [1.54, 1.807) is 0 Å². The van der Waals surface area contributed by atoms with Crippen LogP contribution in [0.4, 0.5) is 0 Å². The van der Waals surface area contributed by atoms with Gasteiger partial charge in [0.05, 0.1) is 0 Å². The molecule has 9 heavy (non-hydrogen) atoms. The molecule has 0 heterocycles. The summed E-state index contributed by atoms with van der Waals surface area (Å²) in [5.74, 6) is 0. The third-order valence-electron chi connectivity index (χ3n) is 2.40. The van der Waals surface area contributed by atoms with Gasteiger partial charge < -0.3 is 4.90 Å². The van der Waals surface area contributed by atoms with Crippen LogP contribution in [0.3, 0.4) is 0 Å². The summed E-state index contributed by atoms with van der Waals surface area (Å²) < 4.78 is 0. The molecule has 0 amide bonds. The molecule has 0 saturated heterocycles. The van der Waals surface area contributed by atoms with Crippen molar-refractivity contribution in [1.29, 1.82) is 0 Å². The maximum absolute atomic E-state index is 2.56. The Balaban J connectivity index is 2.19. The van der Waals surface area contributed by atoms with Gasteiger partial charge in [0.1, 0.15) is 0 Å². The summed E-state index contributed by atoms with van der Waals surface area (Å²) in [7, 11) is 0. The average Bonchev–Trinajstić information content (AvgIpc) is 1.78. The van der Waals surface area contributed by atoms with Gasteiger partial charge in [-0.05, 0) is 25.9 Å². The van der Waals surface area contributed by atoms with Crippen LogP contribution < -0.4 is 0 Å². The van der Waals surface area contributed by atoms with Crippen molar-refractivity contribution >= 4 is 0 Å². The van der Waals surface area contributed by atoms with E-state index < -0.39 is 0 Å². The van der Waals surface area contributed by atoms with Gasteiger partial charge in [-0.15, -0.1) is 0 Å². The van der Waals surface area contributed by atoms with Gasteiger partial charge >= 0.3 is 0 Å². The summed E-state index contributed by atoms with van der Waals surface area (Å²) >= 11 is 0. The normalized spacial score (nSPS) is 20.3. The Morgan fingerprint density at radius 1 is 1.22 bits per heavy atom. The molecule has 0 aliphatic heterocycles. The first-order chi connectivity index (χ1) is 4.38. The Bertz CT molecular complexity index is 72.6. The number of nitrogens with zero attached hydrogens (tertiary/aromatic N) is 1. The highest BCUT2D eigenvalue weighted by Crippen LogP contribution is 2.23. The fourth-order valence-corrected chi connectivity index (χ4v) is 1.49. The van der Waals surface area contributed by atoms with Gasteiger partial charge in [0.15, 0.2) is 0 Å². The van der Waals surface area contributed by atoms with Gasteiger partial charge in [-0.1, -0.05) is 20.3 Å². The summed E-state index contributed by atoms with van der Waals surface area (Å²) in [6, 6.07) is 0.944. The zero-order chi connectivity index (χ0) is 6.69. The molecule has 0 aromatic rings. The highest BCUT2D eigenvalue weighted by atomic mass is 15.1. The van der Waals surface area contributed by atoms with E-state index in [2.05, 4.69) is 18.7 Å². The van der Waals surface area contributed by atoms with E-state index in [0.29, 0.717) is 0 Å². The summed E-state index contributed by atoms with van der Waals surface area (Å²) in [5.41, 5.74) is 0. The van der Waals surface area contributed by atoms with Crippen molar-refractivity contribution in [2.75, 3.05) is 13.1 Å². The molecule has 0 N–H and O–H groups in total. The molecule has 0 radical (unpaired) electrons. The molecule has 1 heteroatoms.